The molecule has 84 valence electrons. The molecule has 0 spiro atoms. The van der Waals surface area contributed by atoms with Gasteiger partial charge in [0.15, 0.2) is 0 Å². The maximum atomic E-state index is 5.92. The first-order valence-corrected chi connectivity index (χ1v) is 6.07. The predicted molar refractivity (Wildman–Crippen MR) is 61.7 cm³/mol. The smallest absolute Gasteiger partial charge is 0.0951 e. The van der Waals surface area contributed by atoms with E-state index in [0.717, 1.165) is 18.9 Å². The van der Waals surface area contributed by atoms with E-state index in [-0.39, 0.29) is 0 Å². The van der Waals surface area contributed by atoms with E-state index in [4.69, 9.17) is 5.73 Å². The number of nitrogens with two attached hydrogens (primary N) is 1. The van der Waals surface area contributed by atoms with Gasteiger partial charge in [-0.15, -0.1) is 0 Å². The third-order valence-corrected chi connectivity index (χ3v) is 3.65. The topological polar surface area (TPSA) is 43.8 Å². The van der Waals surface area contributed by atoms with Gasteiger partial charge >= 0.3 is 0 Å². The molecule has 0 aliphatic heterocycles. The summed E-state index contributed by atoms with van der Waals surface area (Å²) in [7, 11) is 0. The Kier molecular flexibility index (Phi) is 3.41. The molecule has 1 saturated carbocycles. The Labute approximate surface area is 91.7 Å². The molecule has 0 saturated heterocycles. The van der Waals surface area contributed by atoms with Gasteiger partial charge in [0.05, 0.1) is 6.33 Å². The first kappa shape index (κ1) is 10.7. The van der Waals surface area contributed by atoms with Crippen molar-refractivity contribution >= 4 is 0 Å². The number of nitrogens with zero attached hydrogens (tertiary/aromatic N) is 2. The molecule has 1 unspecified atom stereocenters. The van der Waals surface area contributed by atoms with Crippen molar-refractivity contribution in [1.82, 2.24) is 9.55 Å². The predicted octanol–water partition coefficient (Wildman–Crippen LogP) is 2.14. The monoisotopic (exact) mass is 207 g/mol. The SMILES string of the molecule is CCc1cncn1C(CN)C1CCCC1. The molecular formula is C12H21N3. The second-order valence-corrected chi connectivity index (χ2v) is 4.49. The molecule has 1 aromatic rings. The van der Waals surface area contributed by atoms with Crippen LogP contribution in [0.1, 0.15) is 44.3 Å². The molecule has 1 aliphatic rings. The molecule has 1 atom stereocenters. The normalized spacial score (nSPS) is 19.6. The van der Waals surface area contributed by atoms with Gasteiger partial charge in [0.1, 0.15) is 0 Å². The summed E-state index contributed by atoms with van der Waals surface area (Å²) in [5, 5.41) is 0. The second kappa shape index (κ2) is 4.79. The van der Waals surface area contributed by atoms with Crippen molar-refractivity contribution in [2.24, 2.45) is 11.7 Å². The minimum Gasteiger partial charge on any atom is -0.330 e. The summed E-state index contributed by atoms with van der Waals surface area (Å²) in [5.41, 5.74) is 7.24. The van der Waals surface area contributed by atoms with Gasteiger partial charge in [-0.3, -0.25) is 0 Å². The highest BCUT2D eigenvalue weighted by atomic mass is 15.1. The summed E-state index contributed by atoms with van der Waals surface area (Å²) in [4.78, 5) is 4.24. The first-order valence-electron chi connectivity index (χ1n) is 6.07. The molecule has 1 aromatic heterocycles. The molecule has 2 rings (SSSR count). The minimum atomic E-state index is 0.477. The van der Waals surface area contributed by atoms with Crippen LogP contribution in [0, 0.1) is 5.92 Å². The Morgan fingerprint density at radius 2 is 2.27 bits per heavy atom. The van der Waals surface area contributed by atoms with Crippen LogP contribution in [0.5, 0.6) is 0 Å². The van der Waals surface area contributed by atoms with Gasteiger partial charge < -0.3 is 10.3 Å². The fourth-order valence-electron chi connectivity index (χ4n) is 2.78. The fourth-order valence-corrected chi connectivity index (χ4v) is 2.78. The lowest BCUT2D eigenvalue weighted by atomic mass is 9.97. The highest BCUT2D eigenvalue weighted by Crippen LogP contribution is 2.34. The zero-order valence-electron chi connectivity index (χ0n) is 9.52. The van der Waals surface area contributed by atoms with Crippen LogP contribution in [0.15, 0.2) is 12.5 Å². The molecule has 0 aromatic carbocycles. The summed E-state index contributed by atoms with van der Waals surface area (Å²) >= 11 is 0. The highest BCUT2D eigenvalue weighted by Gasteiger charge is 2.25. The summed E-state index contributed by atoms with van der Waals surface area (Å²) < 4.78 is 2.30. The van der Waals surface area contributed by atoms with Gasteiger partial charge in [-0.2, -0.15) is 0 Å². The van der Waals surface area contributed by atoms with Crippen LogP contribution in [0.25, 0.3) is 0 Å². The van der Waals surface area contributed by atoms with Crippen LogP contribution in [0.3, 0.4) is 0 Å². The summed E-state index contributed by atoms with van der Waals surface area (Å²) in [6, 6.07) is 0.477. The fraction of sp³-hybridized carbons (Fsp3) is 0.750. The van der Waals surface area contributed by atoms with Crippen molar-refractivity contribution in [3.63, 3.8) is 0 Å². The lowest BCUT2D eigenvalue weighted by molar-refractivity contribution is 0.335. The third-order valence-electron chi connectivity index (χ3n) is 3.65. The Morgan fingerprint density at radius 1 is 1.53 bits per heavy atom. The molecule has 1 aliphatic carbocycles. The largest absolute Gasteiger partial charge is 0.330 e. The van der Waals surface area contributed by atoms with Crippen molar-refractivity contribution in [3.8, 4) is 0 Å². The van der Waals surface area contributed by atoms with Crippen LogP contribution < -0.4 is 5.73 Å². The standard InChI is InChI=1S/C12H21N3/c1-2-11-8-14-9-15(11)12(7-13)10-5-3-4-6-10/h8-10,12H,2-7,13H2,1H3. The summed E-state index contributed by atoms with van der Waals surface area (Å²) in [6.45, 7) is 2.92. The molecule has 3 heteroatoms. The van der Waals surface area contributed by atoms with E-state index in [0.29, 0.717) is 6.04 Å². The average Bonchev–Trinajstić information content (AvgIpc) is 2.89. The van der Waals surface area contributed by atoms with Gasteiger partial charge in [0.2, 0.25) is 0 Å². The van der Waals surface area contributed by atoms with Crippen LogP contribution in [-0.4, -0.2) is 16.1 Å². The Morgan fingerprint density at radius 3 is 2.87 bits per heavy atom. The molecule has 15 heavy (non-hydrogen) atoms. The van der Waals surface area contributed by atoms with Gasteiger partial charge in [0.25, 0.3) is 0 Å². The van der Waals surface area contributed by atoms with E-state index in [1.54, 1.807) is 0 Å². The first-order chi connectivity index (χ1) is 7.36. The van der Waals surface area contributed by atoms with Gasteiger partial charge in [-0.05, 0) is 25.2 Å². The molecule has 1 fully saturated rings. The van der Waals surface area contributed by atoms with Crippen LogP contribution in [0.2, 0.25) is 0 Å². The number of aromatic nitrogens is 2. The number of imidazole rings is 1. The zero-order chi connectivity index (χ0) is 10.7. The Balaban J connectivity index is 2.17. The minimum absolute atomic E-state index is 0.477. The Hall–Kier alpha value is -0.830. The van der Waals surface area contributed by atoms with E-state index < -0.39 is 0 Å². The quantitative estimate of drug-likeness (QED) is 0.822. The van der Waals surface area contributed by atoms with Gasteiger partial charge in [-0.25, -0.2) is 4.98 Å². The molecular weight excluding hydrogens is 186 g/mol. The number of hydrogen-bond donors (Lipinski definition) is 1. The third kappa shape index (κ3) is 2.07. The molecule has 1 heterocycles. The summed E-state index contributed by atoms with van der Waals surface area (Å²) in [5.74, 6) is 0.773. The van der Waals surface area contributed by atoms with Crippen molar-refractivity contribution in [3.05, 3.63) is 18.2 Å². The maximum absolute atomic E-state index is 5.92. The van der Waals surface area contributed by atoms with E-state index >= 15 is 0 Å². The van der Waals surface area contributed by atoms with E-state index in [2.05, 4.69) is 16.5 Å². The number of hydrogen-bond acceptors (Lipinski definition) is 2. The molecule has 0 bridgehead atoms. The average molecular weight is 207 g/mol. The van der Waals surface area contributed by atoms with E-state index in [1.807, 2.05) is 12.5 Å². The number of aryl methyl sites for hydroxylation is 1. The molecule has 0 amide bonds. The van der Waals surface area contributed by atoms with Gasteiger partial charge in [0, 0.05) is 24.5 Å². The highest BCUT2D eigenvalue weighted by molar-refractivity contribution is 5.01. The second-order valence-electron chi connectivity index (χ2n) is 4.49. The van der Waals surface area contributed by atoms with Crippen molar-refractivity contribution in [1.29, 1.82) is 0 Å². The van der Waals surface area contributed by atoms with Crippen molar-refractivity contribution in [2.75, 3.05) is 6.54 Å². The van der Waals surface area contributed by atoms with Crippen LogP contribution in [-0.2, 0) is 6.42 Å². The molecule has 0 radical (unpaired) electrons. The summed E-state index contributed by atoms with van der Waals surface area (Å²) in [6.07, 6.45) is 10.4. The lowest BCUT2D eigenvalue weighted by Gasteiger charge is -2.25. The van der Waals surface area contributed by atoms with E-state index in [1.165, 1.54) is 31.4 Å². The van der Waals surface area contributed by atoms with Crippen LogP contribution >= 0.6 is 0 Å². The van der Waals surface area contributed by atoms with Crippen molar-refractivity contribution < 1.29 is 0 Å². The maximum Gasteiger partial charge on any atom is 0.0951 e. The zero-order valence-corrected chi connectivity index (χ0v) is 9.52. The van der Waals surface area contributed by atoms with Crippen LogP contribution in [0.4, 0.5) is 0 Å². The van der Waals surface area contributed by atoms with Crippen molar-refractivity contribution in [2.45, 2.75) is 45.1 Å². The molecule has 3 nitrogen and oxygen atoms in total. The van der Waals surface area contributed by atoms with E-state index in [9.17, 15) is 0 Å². The van der Waals surface area contributed by atoms with Gasteiger partial charge in [-0.1, -0.05) is 19.8 Å². The lowest BCUT2D eigenvalue weighted by Crippen LogP contribution is -2.26. The number of rotatable bonds is 4. The molecule has 2 N–H and O–H groups in total. The Bertz CT molecular complexity index is 300.